The summed E-state index contributed by atoms with van der Waals surface area (Å²) in [5.41, 5.74) is 0. The van der Waals surface area contributed by atoms with Gasteiger partial charge in [-0.3, -0.25) is 0 Å². The van der Waals surface area contributed by atoms with Crippen LogP contribution in [0.4, 0.5) is 0 Å². The van der Waals surface area contributed by atoms with Crippen LogP contribution in [0.25, 0.3) is 0 Å². The van der Waals surface area contributed by atoms with E-state index in [-0.39, 0.29) is 24.4 Å². The molecule has 0 unspecified atom stereocenters. The third-order valence-electron chi connectivity index (χ3n) is 2.59. The van der Waals surface area contributed by atoms with Gasteiger partial charge in [-0.2, -0.15) is 0 Å². The van der Waals surface area contributed by atoms with Crippen molar-refractivity contribution in [2.75, 3.05) is 40.6 Å². The van der Waals surface area contributed by atoms with E-state index >= 15 is 0 Å². The highest BCUT2D eigenvalue weighted by molar-refractivity contribution is 4.86. The zero-order chi connectivity index (χ0) is 12.7. The molecule has 1 saturated heterocycles. The molecule has 1 rings (SSSR count). The maximum atomic E-state index is 5.85. The topological polar surface area (TPSA) is 46.2 Å². The largest absolute Gasteiger partial charge is 0.382 e. The first-order valence-electron chi connectivity index (χ1n) is 6.05. The van der Waals surface area contributed by atoms with Gasteiger partial charge in [-0.15, -0.1) is 0 Å². The van der Waals surface area contributed by atoms with Crippen LogP contribution in [0.15, 0.2) is 0 Å². The third kappa shape index (κ3) is 4.89. The lowest BCUT2D eigenvalue weighted by Crippen LogP contribution is -2.39. The molecule has 0 amide bonds. The second-order valence-corrected chi connectivity index (χ2v) is 4.38. The van der Waals surface area contributed by atoms with Crippen molar-refractivity contribution in [3.8, 4) is 0 Å². The summed E-state index contributed by atoms with van der Waals surface area (Å²) in [5.74, 6) is 0. The lowest BCUT2D eigenvalue weighted by atomic mass is 10.1. The molecule has 1 fully saturated rings. The van der Waals surface area contributed by atoms with Crippen LogP contribution in [0.2, 0.25) is 0 Å². The molecule has 1 heterocycles. The van der Waals surface area contributed by atoms with E-state index in [1.807, 2.05) is 13.8 Å². The summed E-state index contributed by atoms with van der Waals surface area (Å²) in [4.78, 5) is 0. The molecule has 102 valence electrons. The summed E-state index contributed by atoms with van der Waals surface area (Å²) in [6, 6.07) is 0. The second-order valence-electron chi connectivity index (χ2n) is 4.38. The molecular formula is C12H24O5. The molecule has 0 aromatic rings. The van der Waals surface area contributed by atoms with Gasteiger partial charge in [0.25, 0.3) is 0 Å². The van der Waals surface area contributed by atoms with Gasteiger partial charge in [0.15, 0.2) is 0 Å². The highest BCUT2D eigenvalue weighted by Crippen LogP contribution is 2.22. The first kappa shape index (κ1) is 14.9. The van der Waals surface area contributed by atoms with Crippen molar-refractivity contribution in [1.82, 2.24) is 0 Å². The Morgan fingerprint density at radius 1 is 1.18 bits per heavy atom. The van der Waals surface area contributed by atoms with Crippen molar-refractivity contribution < 1.29 is 23.7 Å². The second kappa shape index (κ2) is 8.00. The van der Waals surface area contributed by atoms with E-state index in [0.717, 1.165) is 0 Å². The van der Waals surface area contributed by atoms with Crippen molar-refractivity contribution in [3.05, 3.63) is 0 Å². The molecule has 0 bridgehead atoms. The first-order valence-corrected chi connectivity index (χ1v) is 6.05. The molecule has 1 aliphatic rings. The Bertz CT molecular complexity index is 197. The van der Waals surface area contributed by atoms with Crippen LogP contribution < -0.4 is 0 Å². The van der Waals surface area contributed by atoms with E-state index < -0.39 is 0 Å². The summed E-state index contributed by atoms with van der Waals surface area (Å²) in [5, 5.41) is 0. The number of ether oxygens (including phenoxy) is 5. The lowest BCUT2D eigenvalue weighted by molar-refractivity contribution is -0.0992. The molecular weight excluding hydrogens is 224 g/mol. The fourth-order valence-electron chi connectivity index (χ4n) is 1.87. The van der Waals surface area contributed by atoms with Crippen LogP contribution in [0.3, 0.4) is 0 Å². The minimum absolute atomic E-state index is 0.0345. The lowest BCUT2D eigenvalue weighted by Gasteiger charge is -2.25. The van der Waals surface area contributed by atoms with Crippen LogP contribution in [0.1, 0.15) is 13.8 Å². The quantitative estimate of drug-likeness (QED) is 0.596. The van der Waals surface area contributed by atoms with Crippen LogP contribution >= 0.6 is 0 Å². The average molecular weight is 248 g/mol. The zero-order valence-electron chi connectivity index (χ0n) is 11.2. The number of methoxy groups -OCH3 is 2. The van der Waals surface area contributed by atoms with Crippen LogP contribution in [0.5, 0.6) is 0 Å². The standard InChI is InChI=1S/C12H24O5/c1-9(2)17-12-10(7-14-4)16-8-11(12)15-6-5-13-3/h9-12H,5-8H2,1-4H3/t10-,11+,12-/m1/s1. The molecule has 0 N–H and O–H groups in total. The van der Waals surface area contributed by atoms with Gasteiger partial charge < -0.3 is 23.7 Å². The molecule has 3 atom stereocenters. The van der Waals surface area contributed by atoms with Gasteiger partial charge in [-0.1, -0.05) is 0 Å². The van der Waals surface area contributed by atoms with Crippen LogP contribution in [0, 0.1) is 0 Å². The van der Waals surface area contributed by atoms with Gasteiger partial charge in [0.2, 0.25) is 0 Å². The Morgan fingerprint density at radius 2 is 1.94 bits per heavy atom. The van der Waals surface area contributed by atoms with Crippen LogP contribution in [-0.2, 0) is 23.7 Å². The molecule has 0 aromatic heterocycles. The summed E-state index contributed by atoms with van der Waals surface area (Å²) in [7, 11) is 3.32. The molecule has 5 heteroatoms. The normalized spacial score (nSPS) is 29.1. The number of hydrogen-bond acceptors (Lipinski definition) is 5. The van der Waals surface area contributed by atoms with Crippen molar-refractivity contribution in [1.29, 1.82) is 0 Å². The Labute approximate surface area is 103 Å². The minimum Gasteiger partial charge on any atom is -0.382 e. The maximum Gasteiger partial charge on any atom is 0.115 e. The smallest absolute Gasteiger partial charge is 0.115 e. The predicted octanol–water partition coefficient (Wildman–Crippen LogP) is 0.857. The molecule has 0 aromatic carbocycles. The Morgan fingerprint density at radius 3 is 2.53 bits per heavy atom. The van der Waals surface area contributed by atoms with Crippen molar-refractivity contribution >= 4 is 0 Å². The van der Waals surface area contributed by atoms with E-state index in [0.29, 0.717) is 26.4 Å². The molecule has 1 aliphatic heterocycles. The van der Waals surface area contributed by atoms with Gasteiger partial charge in [0.1, 0.15) is 18.3 Å². The van der Waals surface area contributed by atoms with E-state index in [4.69, 9.17) is 23.7 Å². The van der Waals surface area contributed by atoms with Gasteiger partial charge in [0.05, 0.1) is 32.5 Å². The van der Waals surface area contributed by atoms with E-state index in [1.165, 1.54) is 0 Å². The van der Waals surface area contributed by atoms with Gasteiger partial charge in [0, 0.05) is 14.2 Å². The van der Waals surface area contributed by atoms with Gasteiger partial charge >= 0.3 is 0 Å². The third-order valence-corrected chi connectivity index (χ3v) is 2.59. The summed E-state index contributed by atoms with van der Waals surface area (Å²) >= 11 is 0. The molecule has 0 radical (unpaired) electrons. The number of rotatable bonds is 8. The van der Waals surface area contributed by atoms with E-state index in [2.05, 4.69) is 0 Å². The SMILES string of the molecule is COCCO[C@H]1CO[C@H](COC)[C@H]1OC(C)C. The minimum atomic E-state index is -0.0631. The van der Waals surface area contributed by atoms with Crippen LogP contribution in [-0.4, -0.2) is 65.1 Å². The fourth-order valence-corrected chi connectivity index (χ4v) is 1.87. The predicted molar refractivity (Wildman–Crippen MR) is 63.2 cm³/mol. The summed E-state index contributed by atoms with van der Waals surface area (Å²) in [6.45, 7) is 6.24. The van der Waals surface area contributed by atoms with E-state index in [9.17, 15) is 0 Å². The first-order chi connectivity index (χ1) is 8.19. The maximum absolute atomic E-state index is 5.85. The molecule has 0 saturated carbocycles. The zero-order valence-corrected chi connectivity index (χ0v) is 11.2. The Balaban J connectivity index is 2.44. The summed E-state index contributed by atoms with van der Waals surface area (Å²) < 4.78 is 27.3. The fraction of sp³-hybridized carbons (Fsp3) is 1.00. The highest BCUT2D eigenvalue weighted by Gasteiger charge is 2.39. The molecule has 5 nitrogen and oxygen atoms in total. The average Bonchev–Trinajstić information content (AvgIpc) is 2.63. The monoisotopic (exact) mass is 248 g/mol. The van der Waals surface area contributed by atoms with Crippen molar-refractivity contribution in [2.45, 2.75) is 38.3 Å². The molecule has 0 aliphatic carbocycles. The van der Waals surface area contributed by atoms with E-state index in [1.54, 1.807) is 14.2 Å². The van der Waals surface area contributed by atoms with Gasteiger partial charge in [-0.25, -0.2) is 0 Å². The van der Waals surface area contributed by atoms with Crippen molar-refractivity contribution in [2.24, 2.45) is 0 Å². The molecule has 17 heavy (non-hydrogen) atoms. The highest BCUT2D eigenvalue weighted by atomic mass is 16.6. The Hall–Kier alpha value is -0.200. The van der Waals surface area contributed by atoms with Crippen molar-refractivity contribution in [3.63, 3.8) is 0 Å². The Kier molecular flexibility index (Phi) is 6.99. The molecule has 0 spiro atoms. The van der Waals surface area contributed by atoms with Gasteiger partial charge in [-0.05, 0) is 13.8 Å². The number of hydrogen-bond donors (Lipinski definition) is 0. The summed E-state index contributed by atoms with van der Waals surface area (Å²) in [6.07, 6.45) is 0.00373.